The molecule has 0 atom stereocenters. The second-order valence-corrected chi connectivity index (χ2v) is 10.1. The van der Waals surface area contributed by atoms with Crippen LogP contribution in [0.2, 0.25) is 0 Å². The molecule has 2 heterocycles. The Morgan fingerprint density at radius 2 is 1.86 bits per heavy atom. The van der Waals surface area contributed by atoms with Crippen molar-refractivity contribution in [2.45, 2.75) is 43.5 Å². The highest BCUT2D eigenvalue weighted by Gasteiger charge is 2.44. The van der Waals surface area contributed by atoms with E-state index < -0.39 is 37.3 Å². The predicted molar refractivity (Wildman–Crippen MR) is 101 cm³/mol. The van der Waals surface area contributed by atoms with Gasteiger partial charge in [-0.1, -0.05) is 17.9 Å². The fourth-order valence-electron chi connectivity index (χ4n) is 2.22. The van der Waals surface area contributed by atoms with Crippen LogP contribution < -0.4 is 5.32 Å². The van der Waals surface area contributed by atoms with Crippen LogP contribution in [-0.4, -0.2) is 29.0 Å². The van der Waals surface area contributed by atoms with Gasteiger partial charge < -0.3 is 5.32 Å². The molecule has 0 unspecified atom stereocenters. The molecule has 1 N–H and O–H groups in total. The number of carbonyl (C=O) groups is 1. The summed E-state index contributed by atoms with van der Waals surface area (Å²) in [5, 5.41) is 2.66. The Balaban J connectivity index is 2.32. The lowest BCUT2D eigenvalue weighted by atomic mass is 10.2. The molecule has 1 amide bonds. The molecule has 2 rings (SSSR count). The number of hydrogen-bond acceptors (Lipinski definition) is 6. The molecule has 11 heteroatoms. The van der Waals surface area contributed by atoms with Gasteiger partial charge in [0.2, 0.25) is 5.91 Å². The number of rotatable bonds is 5. The molecule has 2 aromatic rings. The van der Waals surface area contributed by atoms with Gasteiger partial charge in [-0.05, 0) is 45.4 Å². The third-order valence-electron chi connectivity index (χ3n) is 3.96. The zero-order valence-electron chi connectivity index (χ0n) is 15.5. The van der Waals surface area contributed by atoms with Gasteiger partial charge in [-0.15, -0.1) is 0 Å². The molecule has 0 aromatic carbocycles. The first-order chi connectivity index (χ1) is 12.7. The highest BCUT2D eigenvalue weighted by atomic mass is 32.2. The first-order valence-corrected chi connectivity index (χ1v) is 10.2. The first-order valence-electron chi connectivity index (χ1n) is 7.90. The Bertz CT molecular complexity index is 1020. The van der Waals surface area contributed by atoms with E-state index >= 15 is 0 Å². The maximum Gasteiger partial charge on any atom is 0.433 e. The van der Waals surface area contributed by atoms with Crippen molar-refractivity contribution in [1.82, 2.24) is 9.97 Å². The highest BCUT2D eigenvalue weighted by Crippen LogP contribution is 2.32. The van der Waals surface area contributed by atoms with Crippen LogP contribution in [0.25, 0.3) is 5.57 Å². The molecule has 0 spiro atoms. The number of aromatic nitrogens is 2. The van der Waals surface area contributed by atoms with Crippen LogP contribution >= 0.6 is 11.3 Å². The normalized spacial score (nSPS) is 12.7. The number of thiazole rings is 1. The Morgan fingerprint density at radius 3 is 2.29 bits per heavy atom. The summed E-state index contributed by atoms with van der Waals surface area (Å²) in [6.45, 7) is 9.63. The smallest absolute Gasteiger partial charge is 0.301 e. The maximum atomic E-state index is 12.8. The minimum atomic E-state index is -4.70. The number of aryl methyl sites for hydroxylation is 1. The largest absolute Gasteiger partial charge is 0.433 e. The summed E-state index contributed by atoms with van der Waals surface area (Å²) in [6, 6.07) is 1.34. The summed E-state index contributed by atoms with van der Waals surface area (Å²) in [4.78, 5) is 20.2. The summed E-state index contributed by atoms with van der Waals surface area (Å²) in [5.74, 6) is -0.866. The third kappa shape index (κ3) is 4.09. The van der Waals surface area contributed by atoms with Crippen LogP contribution in [0.3, 0.4) is 0 Å². The summed E-state index contributed by atoms with van der Waals surface area (Å²) < 4.78 is 61.5. The van der Waals surface area contributed by atoms with Crippen molar-refractivity contribution in [3.8, 4) is 0 Å². The van der Waals surface area contributed by atoms with Crippen molar-refractivity contribution in [3.63, 3.8) is 0 Å². The van der Waals surface area contributed by atoms with Crippen LogP contribution in [0.5, 0.6) is 0 Å². The molecule has 0 saturated heterocycles. The van der Waals surface area contributed by atoms with Crippen molar-refractivity contribution in [3.05, 3.63) is 41.2 Å². The van der Waals surface area contributed by atoms with Crippen molar-refractivity contribution < 1.29 is 26.4 Å². The fourth-order valence-corrected chi connectivity index (χ4v) is 4.43. The van der Waals surface area contributed by atoms with E-state index in [1.807, 2.05) is 0 Å². The lowest BCUT2D eigenvalue weighted by Gasteiger charge is -2.23. The Labute approximate surface area is 164 Å². The van der Waals surface area contributed by atoms with Crippen molar-refractivity contribution in [2.75, 3.05) is 5.32 Å². The SMILES string of the molecule is C=C(C)c1sc(NC(=O)C(C)(C)S(=O)(=O)c2ccc(C(F)(F)F)nc2)nc1C. The van der Waals surface area contributed by atoms with Crippen LogP contribution in [0.1, 0.15) is 37.0 Å². The molecule has 0 saturated carbocycles. The standard InChI is InChI=1S/C17H18F3N3O3S2/c1-9(2)13-10(3)22-15(27-13)23-14(24)16(4,5)28(25,26)11-6-7-12(21-8-11)17(18,19)20/h6-8H,1H2,2-5H3,(H,22,23,24). The lowest BCUT2D eigenvalue weighted by Crippen LogP contribution is -2.44. The van der Waals surface area contributed by atoms with Crippen LogP contribution in [0.15, 0.2) is 29.8 Å². The van der Waals surface area contributed by atoms with E-state index in [0.717, 1.165) is 41.7 Å². The van der Waals surface area contributed by atoms with Crippen LogP contribution in [0, 0.1) is 6.92 Å². The average Bonchev–Trinajstić information content (AvgIpc) is 2.94. The zero-order chi connectivity index (χ0) is 21.5. The number of sulfone groups is 1. The predicted octanol–water partition coefficient (Wildman–Crippen LogP) is 4.09. The molecular formula is C17H18F3N3O3S2. The zero-order valence-corrected chi connectivity index (χ0v) is 17.1. The van der Waals surface area contributed by atoms with Crippen LogP contribution in [-0.2, 0) is 20.8 Å². The maximum absolute atomic E-state index is 12.8. The number of allylic oxidation sites excluding steroid dienone is 1. The average molecular weight is 433 g/mol. The molecule has 0 radical (unpaired) electrons. The first kappa shape index (κ1) is 22.0. The molecule has 0 aliphatic rings. The molecular weight excluding hydrogens is 415 g/mol. The number of halogens is 3. The van der Waals surface area contributed by atoms with Gasteiger partial charge in [0.05, 0.1) is 15.5 Å². The Morgan fingerprint density at radius 1 is 1.25 bits per heavy atom. The number of pyridine rings is 1. The fraction of sp³-hybridized carbons (Fsp3) is 0.353. The minimum Gasteiger partial charge on any atom is -0.301 e. The summed E-state index contributed by atoms with van der Waals surface area (Å²) >= 11 is 1.15. The van der Waals surface area contributed by atoms with E-state index in [1.54, 1.807) is 13.8 Å². The van der Waals surface area contributed by atoms with E-state index in [-0.39, 0.29) is 5.13 Å². The van der Waals surface area contributed by atoms with Gasteiger partial charge in [0, 0.05) is 6.20 Å². The third-order valence-corrected chi connectivity index (χ3v) is 7.59. The van der Waals surface area contributed by atoms with Gasteiger partial charge >= 0.3 is 6.18 Å². The lowest BCUT2D eigenvalue weighted by molar-refractivity contribution is -0.141. The number of anilines is 1. The Kier molecular flexibility index (Phi) is 5.73. The molecule has 28 heavy (non-hydrogen) atoms. The van der Waals surface area contributed by atoms with Gasteiger partial charge in [-0.3, -0.25) is 9.78 Å². The van der Waals surface area contributed by atoms with Crippen molar-refractivity contribution >= 4 is 37.8 Å². The van der Waals surface area contributed by atoms with Crippen LogP contribution in [0.4, 0.5) is 18.3 Å². The van der Waals surface area contributed by atoms with E-state index in [9.17, 15) is 26.4 Å². The van der Waals surface area contributed by atoms with Gasteiger partial charge in [-0.2, -0.15) is 13.2 Å². The minimum absolute atomic E-state index is 0.203. The second-order valence-electron chi connectivity index (χ2n) is 6.56. The quantitative estimate of drug-likeness (QED) is 0.767. The molecule has 152 valence electrons. The highest BCUT2D eigenvalue weighted by molar-refractivity contribution is 7.93. The van der Waals surface area contributed by atoms with Crippen molar-refractivity contribution in [2.24, 2.45) is 0 Å². The Hall–Kier alpha value is -2.27. The number of alkyl halides is 3. The summed E-state index contributed by atoms with van der Waals surface area (Å²) in [6.07, 6.45) is -4.10. The summed E-state index contributed by atoms with van der Waals surface area (Å²) in [5.41, 5.74) is 0.165. The summed E-state index contributed by atoms with van der Waals surface area (Å²) in [7, 11) is -4.32. The van der Waals surface area contributed by atoms with E-state index in [2.05, 4.69) is 21.9 Å². The van der Waals surface area contributed by atoms with E-state index in [1.165, 1.54) is 0 Å². The second kappa shape index (κ2) is 7.28. The molecule has 2 aromatic heterocycles. The van der Waals surface area contributed by atoms with Crippen molar-refractivity contribution in [1.29, 1.82) is 0 Å². The molecule has 6 nitrogen and oxygen atoms in total. The van der Waals surface area contributed by atoms with Gasteiger partial charge in [0.25, 0.3) is 0 Å². The molecule has 0 aliphatic carbocycles. The molecule has 0 aliphatic heterocycles. The van der Waals surface area contributed by atoms with Gasteiger partial charge in [0.1, 0.15) is 10.4 Å². The van der Waals surface area contributed by atoms with E-state index in [0.29, 0.717) is 18.0 Å². The number of nitrogens with zero attached hydrogens (tertiary/aromatic N) is 2. The number of hydrogen-bond donors (Lipinski definition) is 1. The van der Waals surface area contributed by atoms with E-state index in [4.69, 9.17) is 0 Å². The topological polar surface area (TPSA) is 89.0 Å². The number of nitrogens with one attached hydrogen (secondary N) is 1. The number of amides is 1. The monoisotopic (exact) mass is 433 g/mol. The molecule has 0 bridgehead atoms. The van der Waals surface area contributed by atoms with Gasteiger partial charge in [-0.25, -0.2) is 13.4 Å². The van der Waals surface area contributed by atoms with Gasteiger partial charge in [0.15, 0.2) is 15.0 Å². The number of carbonyl (C=O) groups excluding carboxylic acids is 1. The molecule has 0 fully saturated rings.